The molecule has 4 saturated carbocycles. The lowest BCUT2D eigenvalue weighted by atomic mass is 9.44. The van der Waals surface area contributed by atoms with Crippen LogP contribution in [0.4, 0.5) is 0 Å². The summed E-state index contributed by atoms with van der Waals surface area (Å²) < 4.78 is 0. The quantitative estimate of drug-likeness (QED) is 0.647. The van der Waals surface area contributed by atoms with E-state index in [1.165, 1.54) is 38.5 Å². The van der Waals surface area contributed by atoms with Crippen molar-refractivity contribution in [1.82, 2.24) is 0 Å². The Bertz CT molecular complexity index is 570. The van der Waals surface area contributed by atoms with E-state index in [-0.39, 0.29) is 17.8 Å². The van der Waals surface area contributed by atoms with Gasteiger partial charge in [0, 0.05) is 18.8 Å². The highest BCUT2D eigenvalue weighted by atomic mass is 16.4. The van der Waals surface area contributed by atoms with E-state index < -0.39 is 5.97 Å². The SMILES string of the molecule is CC.CC12CCCCC1CC(=O)C1C2CC[C@@]2(C)C1CC[C@@H]2CCC(=O)O. The van der Waals surface area contributed by atoms with Crippen LogP contribution in [0, 0.1) is 40.4 Å². The van der Waals surface area contributed by atoms with Crippen molar-refractivity contribution in [2.24, 2.45) is 40.4 Å². The third kappa shape index (κ3) is 3.38. The fraction of sp³-hybridized carbons (Fsp3) is 0.917. The third-order valence-electron chi connectivity index (χ3n) is 9.29. The standard InChI is InChI=1S/C22H34O3.C2H6/c1-21-11-4-3-5-15(21)13-18(23)20-16-8-6-14(7-9-19(24)25)22(16,2)12-10-17(20)21;1-2/h14-17,20H,3-13H2,1-2H3,(H,24,25);1-2H3/t14-,15?,16?,17?,20?,21?,22-;/m1./s1. The molecule has 0 saturated heterocycles. The van der Waals surface area contributed by atoms with Gasteiger partial charge in [-0.2, -0.15) is 0 Å². The summed E-state index contributed by atoms with van der Waals surface area (Å²) in [5.41, 5.74) is 0.585. The van der Waals surface area contributed by atoms with Gasteiger partial charge in [-0.1, -0.05) is 40.5 Å². The van der Waals surface area contributed by atoms with E-state index in [1.54, 1.807) is 0 Å². The molecule has 4 aliphatic rings. The molecular weight excluding hydrogens is 336 g/mol. The number of ketones is 1. The highest BCUT2D eigenvalue weighted by Gasteiger charge is 2.61. The van der Waals surface area contributed by atoms with Crippen molar-refractivity contribution in [2.45, 2.75) is 98.3 Å². The Labute approximate surface area is 165 Å². The van der Waals surface area contributed by atoms with Crippen molar-refractivity contribution in [2.75, 3.05) is 0 Å². The molecule has 4 fully saturated rings. The van der Waals surface area contributed by atoms with Crippen molar-refractivity contribution in [1.29, 1.82) is 0 Å². The number of carboxylic acids is 1. The molecule has 0 aromatic heterocycles. The van der Waals surface area contributed by atoms with Crippen LogP contribution >= 0.6 is 0 Å². The van der Waals surface area contributed by atoms with Gasteiger partial charge in [0.25, 0.3) is 0 Å². The van der Waals surface area contributed by atoms with Crippen molar-refractivity contribution in [3.8, 4) is 0 Å². The molecule has 0 spiro atoms. The van der Waals surface area contributed by atoms with Gasteiger partial charge in [-0.05, 0) is 79.4 Å². The highest BCUT2D eigenvalue weighted by Crippen LogP contribution is 2.67. The van der Waals surface area contributed by atoms with E-state index in [0.29, 0.717) is 34.9 Å². The number of hydrogen-bond donors (Lipinski definition) is 1. The smallest absolute Gasteiger partial charge is 0.303 e. The van der Waals surface area contributed by atoms with Gasteiger partial charge >= 0.3 is 5.97 Å². The van der Waals surface area contributed by atoms with Gasteiger partial charge in [0.1, 0.15) is 5.78 Å². The Morgan fingerprint density at radius 2 is 1.70 bits per heavy atom. The Morgan fingerprint density at radius 1 is 1.00 bits per heavy atom. The van der Waals surface area contributed by atoms with E-state index in [1.807, 2.05) is 13.8 Å². The van der Waals surface area contributed by atoms with E-state index in [0.717, 1.165) is 25.7 Å². The summed E-state index contributed by atoms with van der Waals surface area (Å²) in [6.45, 7) is 8.89. The number of rotatable bonds is 3. The third-order valence-corrected chi connectivity index (χ3v) is 9.29. The highest BCUT2D eigenvalue weighted by molar-refractivity contribution is 5.83. The number of Topliss-reactive ketones (excluding diaryl/α,β-unsaturated/α-hetero) is 1. The molecular formula is C24H40O3. The maximum Gasteiger partial charge on any atom is 0.303 e. The Hall–Kier alpha value is -0.860. The average Bonchev–Trinajstić information content (AvgIpc) is 2.98. The van der Waals surface area contributed by atoms with E-state index in [9.17, 15) is 9.59 Å². The summed E-state index contributed by atoms with van der Waals surface area (Å²) >= 11 is 0. The van der Waals surface area contributed by atoms with Crippen LogP contribution < -0.4 is 0 Å². The summed E-state index contributed by atoms with van der Waals surface area (Å²) in [5.74, 6) is 2.39. The van der Waals surface area contributed by atoms with Crippen LogP contribution in [-0.2, 0) is 9.59 Å². The fourth-order valence-corrected chi connectivity index (χ4v) is 7.84. The first-order chi connectivity index (χ1) is 12.9. The van der Waals surface area contributed by atoms with Crippen molar-refractivity contribution >= 4 is 11.8 Å². The molecule has 0 aromatic carbocycles. The summed E-state index contributed by atoms with van der Waals surface area (Å²) in [6.07, 6.45) is 11.8. The summed E-state index contributed by atoms with van der Waals surface area (Å²) in [6, 6.07) is 0. The first kappa shape index (κ1) is 20.9. The molecule has 0 aliphatic heterocycles. The lowest BCUT2D eigenvalue weighted by Gasteiger charge is -2.59. The molecule has 0 amide bonds. The maximum atomic E-state index is 13.2. The van der Waals surface area contributed by atoms with Gasteiger partial charge in [-0.3, -0.25) is 9.59 Å². The van der Waals surface area contributed by atoms with Crippen LogP contribution in [0.25, 0.3) is 0 Å². The second-order valence-corrected chi connectivity index (χ2v) is 10.1. The lowest BCUT2D eigenvalue weighted by Crippen LogP contribution is -2.56. The normalized spacial score (nSPS) is 45.8. The van der Waals surface area contributed by atoms with Crippen LogP contribution in [0.15, 0.2) is 0 Å². The maximum absolute atomic E-state index is 13.2. The zero-order valence-corrected chi connectivity index (χ0v) is 17.9. The van der Waals surface area contributed by atoms with Crippen LogP contribution in [0.2, 0.25) is 0 Å². The molecule has 0 bridgehead atoms. The molecule has 27 heavy (non-hydrogen) atoms. The van der Waals surface area contributed by atoms with Gasteiger partial charge in [-0.25, -0.2) is 0 Å². The summed E-state index contributed by atoms with van der Waals surface area (Å²) in [5, 5.41) is 9.09. The van der Waals surface area contributed by atoms with Gasteiger partial charge in [0.2, 0.25) is 0 Å². The number of fused-ring (bicyclic) bond motifs is 5. The molecule has 3 heteroatoms. The molecule has 0 heterocycles. The largest absolute Gasteiger partial charge is 0.481 e. The van der Waals surface area contributed by atoms with Crippen molar-refractivity contribution in [3.63, 3.8) is 0 Å². The predicted octanol–water partition coefficient (Wildman–Crippen LogP) is 6.11. The Morgan fingerprint density at radius 3 is 2.41 bits per heavy atom. The molecule has 5 unspecified atom stereocenters. The number of carbonyl (C=O) groups excluding carboxylic acids is 1. The minimum atomic E-state index is -0.674. The molecule has 7 atom stereocenters. The number of hydrogen-bond acceptors (Lipinski definition) is 2. The number of aliphatic carboxylic acids is 1. The molecule has 3 nitrogen and oxygen atoms in total. The Balaban J connectivity index is 0.00000102. The van der Waals surface area contributed by atoms with Crippen LogP contribution in [-0.4, -0.2) is 16.9 Å². The predicted molar refractivity (Wildman–Crippen MR) is 108 cm³/mol. The average molecular weight is 377 g/mol. The zero-order chi connectivity index (χ0) is 19.8. The fourth-order valence-electron chi connectivity index (χ4n) is 7.84. The van der Waals surface area contributed by atoms with Crippen LogP contribution in [0.3, 0.4) is 0 Å². The van der Waals surface area contributed by atoms with Crippen molar-refractivity contribution in [3.05, 3.63) is 0 Å². The van der Waals surface area contributed by atoms with E-state index in [2.05, 4.69) is 13.8 Å². The second-order valence-electron chi connectivity index (χ2n) is 10.1. The molecule has 4 aliphatic carbocycles. The number of carbonyl (C=O) groups is 2. The lowest BCUT2D eigenvalue weighted by molar-refractivity contribution is -0.156. The zero-order valence-electron chi connectivity index (χ0n) is 17.9. The van der Waals surface area contributed by atoms with Gasteiger partial charge in [0.15, 0.2) is 0 Å². The molecule has 1 N–H and O–H groups in total. The van der Waals surface area contributed by atoms with Crippen LogP contribution in [0.1, 0.15) is 98.3 Å². The molecule has 154 valence electrons. The van der Waals surface area contributed by atoms with Gasteiger partial charge in [-0.15, -0.1) is 0 Å². The monoisotopic (exact) mass is 376 g/mol. The first-order valence-electron chi connectivity index (χ1n) is 11.6. The second kappa shape index (κ2) is 7.87. The van der Waals surface area contributed by atoms with Crippen molar-refractivity contribution < 1.29 is 14.7 Å². The topological polar surface area (TPSA) is 54.4 Å². The van der Waals surface area contributed by atoms with E-state index >= 15 is 0 Å². The molecule has 0 aromatic rings. The van der Waals surface area contributed by atoms with Crippen LogP contribution in [0.5, 0.6) is 0 Å². The van der Waals surface area contributed by atoms with Gasteiger partial charge in [0.05, 0.1) is 0 Å². The summed E-state index contributed by atoms with van der Waals surface area (Å²) in [4.78, 5) is 24.2. The number of carboxylic acid groups (broad SMARTS) is 1. The Kier molecular flexibility index (Phi) is 6.08. The van der Waals surface area contributed by atoms with E-state index in [4.69, 9.17) is 5.11 Å². The molecule has 0 radical (unpaired) electrons. The minimum Gasteiger partial charge on any atom is -0.481 e. The minimum absolute atomic E-state index is 0.199. The van der Waals surface area contributed by atoms with Gasteiger partial charge < -0.3 is 5.11 Å². The first-order valence-corrected chi connectivity index (χ1v) is 11.6. The molecule has 4 rings (SSSR count). The summed E-state index contributed by atoms with van der Waals surface area (Å²) in [7, 11) is 0.